The van der Waals surface area contributed by atoms with Crippen LogP contribution in [0.4, 0.5) is 11.8 Å². The summed E-state index contributed by atoms with van der Waals surface area (Å²) >= 11 is 0. The zero-order valence-electron chi connectivity index (χ0n) is 15.8. The van der Waals surface area contributed by atoms with Crippen molar-refractivity contribution in [2.75, 3.05) is 10.6 Å². The normalized spacial score (nSPS) is 25.3. The van der Waals surface area contributed by atoms with E-state index in [9.17, 15) is 9.90 Å². The maximum Gasteiger partial charge on any atom is 0.254 e. The number of primary amides is 1. The van der Waals surface area contributed by atoms with E-state index >= 15 is 0 Å². The smallest absolute Gasteiger partial charge is 0.254 e. The minimum atomic E-state index is -0.567. The first-order valence-corrected chi connectivity index (χ1v) is 8.96. The van der Waals surface area contributed by atoms with Crippen LogP contribution in [0.25, 0.3) is 0 Å². The Kier molecular flexibility index (Phi) is 5.87. The Hall–Kier alpha value is -1.89. The monoisotopic (exact) mass is 349 g/mol. The fourth-order valence-corrected chi connectivity index (χ4v) is 2.77. The summed E-state index contributed by atoms with van der Waals surface area (Å²) in [6, 6.07) is 0.212. The van der Waals surface area contributed by atoms with Gasteiger partial charge in [-0.2, -0.15) is 4.98 Å². The number of amides is 1. The van der Waals surface area contributed by atoms with Gasteiger partial charge in [-0.3, -0.25) is 4.79 Å². The number of nitrogens with zero attached hydrogens (tertiary/aromatic N) is 2. The third-order valence-corrected chi connectivity index (χ3v) is 5.19. The number of nitrogens with two attached hydrogens (primary N) is 1. The van der Waals surface area contributed by atoms with E-state index in [1.165, 1.54) is 6.20 Å². The first kappa shape index (κ1) is 19.4. The van der Waals surface area contributed by atoms with Crippen molar-refractivity contribution in [1.82, 2.24) is 9.97 Å². The number of aliphatic hydroxyl groups excluding tert-OH is 1. The molecule has 25 heavy (non-hydrogen) atoms. The highest BCUT2D eigenvalue weighted by Crippen LogP contribution is 2.28. The third-order valence-electron chi connectivity index (χ3n) is 5.19. The number of aromatic nitrogens is 2. The minimum absolute atomic E-state index is 0.0446. The molecule has 7 nitrogen and oxygen atoms in total. The van der Waals surface area contributed by atoms with E-state index < -0.39 is 5.91 Å². The molecule has 1 aromatic rings. The number of anilines is 2. The molecule has 140 valence electrons. The van der Waals surface area contributed by atoms with Crippen molar-refractivity contribution in [1.29, 1.82) is 0 Å². The average Bonchev–Trinajstić information content (AvgIpc) is 2.50. The van der Waals surface area contributed by atoms with E-state index in [0.717, 1.165) is 12.8 Å². The predicted molar refractivity (Wildman–Crippen MR) is 99.5 cm³/mol. The Balaban J connectivity index is 2.19. The van der Waals surface area contributed by atoms with Crippen LogP contribution in [0.1, 0.15) is 64.2 Å². The Morgan fingerprint density at radius 2 is 2.08 bits per heavy atom. The van der Waals surface area contributed by atoms with E-state index in [1.54, 1.807) is 0 Å². The molecular formula is C18H31N5O2. The van der Waals surface area contributed by atoms with E-state index in [0.29, 0.717) is 24.1 Å². The van der Waals surface area contributed by atoms with Crippen molar-refractivity contribution < 1.29 is 9.90 Å². The lowest BCUT2D eigenvalue weighted by Crippen LogP contribution is -2.36. The van der Waals surface area contributed by atoms with Gasteiger partial charge in [-0.05, 0) is 37.5 Å². The first-order chi connectivity index (χ1) is 11.6. The number of rotatable bonds is 5. The molecule has 1 amide bonds. The summed E-state index contributed by atoms with van der Waals surface area (Å²) in [6.45, 7) is 10.5. The van der Waals surface area contributed by atoms with Crippen molar-refractivity contribution in [3.63, 3.8) is 0 Å². The molecule has 0 spiro atoms. The lowest BCUT2D eigenvalue weighted by Gasteiger charge is -2.32. The van der Waals surface area contributed by atoms with Gasteiger partial charge in [0.05, 0.1) is 11.7 Å². The van der Waals surface area contributed by atoms with E-state index in [1.807, 2.05) is 0 Å². The first-order valence-electron chi connectivity index (χ1n) is 8.96. The summed E-state index contributed by atoms with van der Waals surface area (Å²) in [6.07, 6.45) is 3.59. The number of carbonyl (C=O) groups is 1. The summed E-state index contributed by atoms with van der Waals surface area (Å²) in [7, 11) is 0. The average molecular weight is 349 g/mol. The molecule has 0 radical (unpaired) electrons. The van der Waals surface area contributed by atoms with Gasteiger partial charge >= 0.3 is 0 Å². The molecule has 5 N–H and O–H groups in total. The molecule has 1 aliphatic carbocycles. The van der Waals surface area contributed by atoms with Crippen LogP contribution >= 0.6 is 0 Å². The van der Waals surface area contributed by atoms with Crippen LogP contribution in [0.5, 0.6) is 0 Å². The molecule has 1 heterocycles. The third kappa shape index (κ3) is 5.04. The molecule has 4 atom stereocenters. The second kappa shape index (κ2) is 7.56. The SMILES string of the molecule is C[C@@H]1CC[C@@H](Nc2nc(N[C@H](C)C(C)(C)C)ncc2C(N)=O)C[C@H]1O. The van der Waals surface area contributed by atoms with Crippen molar-refractivity contribution in [3.05, 3.63) is 11.8 Å². The number of carbonyl (C=O) groups excluding carboxylic acids is 1. The van der Waals surface area contributed by atoms with Gasteiger partial charge in [0.2, 0.25) is 5.95 Å². The fourth-order valence-electron chi connectivity index (χ4n) is 2.77. The lowest BCUT2D eigenvalue weighted by atomic mass is 9.85. The van der Waals surface area contributed by atoms with Crippen molar-refractivity contribution >= 4 is 17.7 Å². The quantitative estimate of drug-likeness (QED) is 0.649. The van der Waals surface area contributed by atoms with Crippen LogP contribution in [0.2, 0.25) is 0 Å². The molecule has 1 aliphatic rings. The summed E-state index contributed by atoms with van der Waals surface area (Å²) in [5.41, 5.74) is 5.77. The van der Waals surface area contributed by atoms with Crippen LogP contribution in [-0.4, -0.2) is 39.2 Å². The summed E-state index contributed by atoms with van der Waals surface area (Å²) in [5.74, 6) is 0.615. The molecule has 7 heteroatoms. The van der Waals surface area contributed by atoms with E-state index in [4.69, 9.17) is 5.73 Å². The van der Waals surface area contributed by atoms with Gasteiger partial charge in [-0.25, -0.2) is 4.98 Å². The summed E-state index contributed by atoms with van der Waals surface area (Å²) in [5, 5.41) is 16.7. The maximum absolute atomic E-state index is 11.7. The molecule has 1 aromatic heterocycles. The van der Waals surface area contributed by atoms with Gasteiger partial charge in [-0.15, -0.1) is 0 Å². The van der Waals surface area contributed by atoms with Crippen LogP contribution in [0, 0.1) is 11.3 Å². The lowest BCUT2D eigenvalue weighted by molar-refractivity contribution is 0.0739. The number of hydrogen-bond donors (Lipinski definition) is 4. The fraction of sp³-hybridized carbons (Fsp3) is 0.722. The maximum atomic E-state index is 11.7. The molecule has 1 fully saturated rings. The summed E-state index contributed by atoms with van der Waals surface area (Å²) < 4.78 is 0. The van der Waals surface area contributed by atoms with Crippen LogP contribution in [0.15, 0.2) is 6.20 Å². The molecule has 0 aliphatic heterocycles. The van der Waals surface area contributed by atoms with Crippen LogP contribution < -0.4 is 16.4 Å². The van der Waals surface area contributed by atoms with Crippen molar-refractivity contribution in [3.8, 4) is 0 Å². The Morgan fingerprint density at radius 3 is 2.64 bits per heavy atom. The standard InChI is InChI=1S/C18H31N5O2/c1-10-6-7-12(8-14(10)24)22-16-13(15(19)25)9-20-17(23-16)21-11(2)18(3,4)5/h9-12,14,24H,6-8H2,1-5H3,(H2,19,25)(H2,20,21,22,23)/t10-,11-,12-,14-/m1/s1. The Morgan fingerprint density at radius 1 is 1.40 bits per heavy atom. The minimum Gasteiger partial charge on any atom is -0.393 e. The van der Waals surface area contributed by atoms with Gasteiger partial charge in [0.25, 0.3) is 5.91 Å². The molecular weight excluding hydrogens is 318 g/mol. The zero-order valence-corrected chi connectivity index (χ0v) is 15.8. The van der Waals surface area contributed by atoms with Crippen molar-refractivity contribution in [2.24, 2.45) is 17.1 Å². The molecule has 0 saturated heterocycles. The van der Waals surface area contributed by atoms with Gasteiger partial charge in [-0.1, -0.05) is 27.7 Å². The highest BCUT2D eigenvalue weighted by Gasteiger charge is 2.27. The topological polar surface area (TPSA) is 113 Å². The highest BCUT2D eigenvalue weighted by molar-refractivity contribution is 5.97. The summed E-state index contributed by atoms with van der Waals surface area (Å²) in [4.78, 5) is 20.4. The van der Waals surface area contributed by atoms with E-state index in [-0.39, 0.29) is 29.2 Å². The van der Waals surface area contributed by atoms with Crippen LogP contribution in [0.3, 0.4) is 0 Å². The number of nitrogens with one attached hydrogen (secondary N) is 2. The predicted octanol–water partition coefficient (Wildman–Crippen LogP) is 2.38. The molecule has 2 rings (SSSR count). The number of aliphatic hydroxyl groups is 1. The zero-order chi connectivity index (χ0) is 18.8. The second-order valence-electron chi connectivity index (χ2n) is 8.25. The van der Waals surface area contributed by atoms with Crippen LogP contribution in [-0.2, 0) is 0 Å². The largest absolute Gasteiger partial charge is 0.393 e. The van der Waals surface area contributed by atoms with Gasteiger partial charge < -0.3 is 21.5 Å². The Bertz CT molecular complexity index is 614. The van der Waals surface area contributed by atoms with Gasteiger partial charge in [0, 0.05) is 18.3 Å². The number of hydrogen-bond acceptors (Lipinski definition) is 6. The molecule has 0 unspecified atom stereocenters. The molecule has 0 bridgehead atoms. The van der Waals surface area contributed by atoms with Gasteiger partial charge in [0.15, 0.2) is 0 Å². The molecule has 0 aromatic carbocycles. The van der Waals surface area contributed by atoms with E-state index in [2.05, 4.69) is 55.2 Å². The van der Waals surface area contributed by atoms with Crippen molar-refractivity contribution in [2.45, 2.75) is 72.1 Å². The van der Waals surface area contributed by atoms with Gasteiger partial charge in [0.1, 0.15) is 5.82 Å². The second-order valence-corrected chi connectivity index (χ2v) is 8.25. The Labute approximate surface area is 149 Å². The molecule has 1 saturated carbocycles. The highest BCUT2D eigenvalue weighted by atomic mass is 16.3.